The molecule has 110 valence electrons. The van der Waals surface area contributed by atoms with Crippen LogP contribution in [0, 0.1) is 0 Å². The molecule has 0 saturated carbocycles. The Morgan fingerprint density at radius 1 is 0.864 bits per heavy atom. The van der Waals surface area contributed by atoms with E-state index >= 15 is 0 Å². The van der Waals surface area contributed by atoms with E-state index in [9.17, 15) is 0 Å². The fourth-order valence-electron chi connectivity index (χ4n) is 3.30. The van der Waals surface area contributed by atoms with Crippen LogP contribution in [0.2, 0.25) is 0 Å². The van der Waals surface area contributed by atoms with E-state index in [0.717, 1.165) is 28.5 Å². The Morgan fingerprint density at radius 3 is 2.45 bits per heavy atom. The van der Waals surface area contributed by atoms with Gasteiger partial charge in [-0.1, -0.05) is 36.4 Å². The number of rotatable bonds is 2. The second-order valence-electron chi connectivity index (χ2n) is 5.78. The standard InChI is InChI=1S/C18H18N4/c19-20-18-16-8-4-3-7-15(16)17(21-22-18)14-10-9-12-5-1-2-6-13(12)11-14/h3-4,7-11H,1-2,5-6,19H2,(H,20,22). The third-order valence-corrected chi connectivity index (χ3v) is 4.45. The maximum Gasteiger partial charge on any atom is 0.170 e. The van der Waals surface area contributed by atoms with Gasteiger partial charge in [0, 0.05) is 16.3 Å². The van der Waals surface area contributed by atoms with Gasteiger partial charge in [-0.25, -0.2) is 5.84 Å². The van der Waals surface area contributed by atoms with Crippen molar-refractivity contribution in [2.45, 2.75) is 25.7 Å². The van der Waals surface area contributed by atoms with Crippen molar-refractivity contribution in [2.75, 3.05) is 5.43 Å². The van der Waals surface area contributed by atoms with Crippen LogP contribution >= 0.6 is 0 Å². The maximum atomic E-state index is 5.54. The highest BCUT2D eigenvalue weighted by Gasteiger charge is 2.14. The lowest BCUT2D eigenvalue weighted by Crippen LogP contribution is -2.10. The molecule has 0 saturated heterocycles. The summed E-state index contributed by atoms with van der Waals surface area (Å²) >= 11 is 0. The van der Waals surface area contributed by atoms with E-state index in [2.05, 4.69) is 39.9 Å². The van der Waals surface area contributed by atoms with Crippen molar-refractivity contribution >= 4 is 16.6 Å². The van der Waals surface area contributed by atoms with Crippen LogP contribution in [0.15, 0.2) is 42.5 Å². The van der Waals surface area contributed by atoms with Gasteiger partial charge < -0.3 is 5.43 Å². The Labute approximate surface area is 129 Å². The van der Waals surface area contributed by atoms with Gasteiger partial charge in [0.15, 0.2) is 5.82 Å². The highest BCUT2D eigenvalue weighted by molar-refractivity contribution is 5.99. The number of anilines is 1. The molecule has 0 spiro atoms. The van der Waals surface area contributed by atoms with E-state index in [1.54, 1.807) is 0 Å². The van der Waals surface area contributed by atoms with Crippen LogP contribution in [-0.4, -0.2) is 10.2 Å². The topological polar surface area (TPSA) is 63.8 Å². The van der Waals surface area contributed by atoms with Gasteiger partial charge in [0.1, 0.15) is 5.69 Å². The highest BCUT2D eigenvalue weighted by Crippen LogP contribution is 2.32. The highest BCUT2D eigenvalue weighted by atomic mass is 15.3. The molecule has 1 aromatic heterocycles. The van der Waals surface area contributed by atoms with Crippen LogP contribution in [0.4, 0.5) is 5.82 Å². The summed E-state index contributed by atoms with van der Waals surface area (Å²) in [7, 11) is 0. The zero-order valence-electron chi connectivity index (χ0n) is 12.3. The molecule has 0 bridgehead atoms. The minimum atomic E-state index is 0.609. The smallest absolute Gasteiger partial charge is 0.170 e. The summed E-state index contributed by atoms with van der Waals surface area (Å²) in [6, 6.07) is 14.8. The van der Waals surface area contributed by atoms with Crippen molar-refractivity contribution in [3.05, 3.63) is 53.6 Å². The van der Waals surface area contributed by atoms with E-state index in [-0.39, 0.29) is 0 Å². The molecule has 0 radical (unpaired) electrons. The van der Waals surface area contributed by atoms with Crippen molar-refractivity contribution in [1.82, 2.24) is 10.2 Å². The second kappa shape index (κ2) is 5.39. The summed E-state index contributed by atoms with van der Waals surface area (Å²) in [6.45, 7) is 0. The molecule has 3 N–H and O–H groups in total. The molecule has 2 aromatic carbocycles. The van der Waals surface area contributed by atoms with Gasteiger partial charge >= 0.3 is 0 Å². The largest absolute Gasteiger partial charge is 0.306 e. The Bertz CT molecular complexity index is 842. The quantitative estimate of drug-likeness (QED) is 0.560. The van der Waals surface area contributed by atoms with Crippen molar-refractivity contribution in [3.63, 3.8) is 0 Å². The zero-order chi connectivity index (χ0) is 14.9. The van der Waals surface area contributed by atoms with E-state index in [1.165, 1.54) is 30.4 Å². The first kappa shape index (κ1) is 13.2. The Balaban J connectivity index is 1.91. The van der Waals surface area contributed by atoms with Gasteiger partial charge in [0.2, 0.25) is 0 Å². The molecule has 1 heterocycles. The second-order valence-corrected chi connectivity index (χ2v) is 5.78. The molecule has 0 aliphatic heterocycles. The van der Waals surface area contributed by atoms with E-state index in [4.69, 9.17) is 5.84 Å². The predicted octanol–water partition coefficient (Wildman–Crippen LogP) is 3.46. The number of nitrogens with two attached hydrogens (primary N) is 1. The predicted molar refractivity (Wildman–Crippen MR) is 89.4 cm³/mol. The first-order chi connectivity index (χ1) is 10.9. The van der Waals surface area contributed by atoms with Crippen molar-refractivity contribution in [2.24, 2.45) is 5.84 Å². The normalized spacial score (nSPS) is 13.9. The lowest BCUT2D eigenvalue weighted by molar-refractivity contribution is 0.686. The van der Waals surface area contributed by atoms with Crippen LogP contribution in [-0.2, 0) is 12.8 Å². The Morgan fingerprint density at radius 2 is 1.64 bits per heavy atom. The van der Waals surface area contributed by atoms with E-state index < -0.39 is 0 Å². The average Bonchev–Trinajstić information content (AvgIpc) is 2.60. The summed E-state index contributed by atoms with van der Waals surface area (Å²) in [5.41, 5.74) is 7.61. The molecule has 22 heavy (non-hydrogen) atoms. The number of aromatic nitrogens is 2. The molecule has 1 aliphatic rings. The number of benzene rings is 2. The minimum absolute atomic E-state index is 0.609. The number of fused-ring (bicyclic) bond motifs is 2. The van der Waals surface area contributed by atoms with Crippen LogP contribution < -0.4 is 11.3 Å². The number of nitrogens with one attached hydrogen (secondary N) is 1. The molecule has 0 fully saturated rings. The van der Waals surface area contributed by atoms with Gasteiger partial charge in [0.05, 0.1) is 0 Å². The molecule has 3 aromatic rings. The molecule has 4 heteroatoms. The van der Waals surface area contributed by atoms with Gasteiger partial charge in [-0.2, -0.15) is 0 Å². The first-order valence-electron chi connectivity index (χ1n) is 7.71. The lowest BCUT2D eigenvalue weighted by atomic mass is 9.89. The summed E-state index contributed by atoms with van der Waals surface area (Å²) in [4.78, 5) is 0. The number of aryl methyl sites for hydroxylation is 2. The third kappa shape index (κ3) is 2.12. The van der Waals surface area contributed by atoms with E-state index in [1.807, 2.05) is 18.2 Å². The fraction of sp³-hybridized carbons (Fsp3) is 0.222. The zero-order valence-corrected chi connectivity index (χ0v) is 12.3. The number of hydrogen-bond donors (Lipinski definition) is 2. The molecule has 0 amide bonds. The molecule has 1 aliphatic carbocycles. The van der Waals surface area contributed by atoms with Crippen molar-refractivity contribution < 1.29 is 0 Å². The lowest BCUT2D eigenvalue weighted by Gasteiger charge is -2.17. The third-order valence-electron chi connectivity index (χ3n) is 4.45. The monoisotopic (exact) mass is 290 g/mol. The van der Waals surface area contributed by atoms with Gasteiger partial charge in [-0.15, -0.1) is 10.2 Å². The van der Waals surface area contributed by atoms with Gasteiger partial charge in [-0.3, -0.25) is 0 Å². The average molecular weight is 290 g/mol. The summed E-state index contributed by atoms with van der Waals surface area (Å²) in [6.07, 6.45) is 4.93. The van der Waals surface area contributed by atoms with Gasteiger partial charge in [-0.05, 0) is 42.9 Å². The summed E-state index contributed by atoms with van der Waals surface area (Å²) < 4.78 is 0. The van der Waals surface area contributed by atoms with E-state index in [0.29, 0.717) is 5.82 Å². The molecule has 0 unspecified atom stereocenters. The summed E-state index contributed by atoms with van der Waals surface area (Å²) in [5.74, 6) is 6.15. The first-order valence-corrected chi connectivity index (χ1v) is 7.71. The fourth-order valence-corrected chi connectivity index (χ4v) is 3.30. The molecule has 4 nitrogen and oxygen atoms in total. The van der Waals surface area contributed by atoms with Crippen LogP contribution in [0.1, 0.15) is 24.0 Å². The number of nitrogen functional groups attached to an aromatic ring is 1. The summed E-state index contributed by atoms with van der Waals surface area (Å²) in [5, 5.41) is 10.7. The molecule has 0 atom stereocenters. The number of hydrazine groups is 1. The Hall–Kier alpha value is -2.46. The van der Waals surface area contributed by atoms with Crippen LogP contribution in [0.3, 0.4) is 0 Å². The maximum absolute atomic E-state index is 5.54. The SMILES string of the molecule is NNc1nnc(-c2ccc3c(c2)CCCC3)c2ccccc12. The number of hydrogen-bond acceptors (Lipinski definition) is 4. The number of nitrogens with zero attached hydrogens (tertiary/aromatic N) is 2. The van der Waals surface area contributed by atoms with Crippen molar-refractivity contribution in [1.29, 1.82) is 0 Å². The van der Waals surface area contributed by atoms with Crippen LogP contribution in [0.25, 0.3) is 22.0 Å². The van der Waals surface area contributed by atoms with Crippen LogP contribution in [0.5, 0.6) is 0 Å². The Kier molecular flexibility index (Phi) is 3.24. The van der Waals surface area contributed by atoms with Crippen molar-refractivity contribution in [3.8, 4) is 11.3 Å². The minimum Gasteiger partial charge on any atom is -0.306 e. The van der Waals surface area contributed by atoms with Gasteiger partial charge in [0.25, 0.3) is 0 Å². The molecule has 4 rings (SSSR count). The molecular weight excluding hydrogens is 272 g/mol. The molecular formula is C18H18N4.